The highest BCUT2D eigenvalue weighted by Crippen LogP contribution is 2.36. The van der Waals surface area contributed by atoms with Gasteiger partial charge in [0, 0.05) is 12.4 Å². The van der Waals surface area contributed by atoms with Gasteiger partial charge in [-0.15, -0.1) is 0 Å². The van der Waals surface area contributed by atoms with Gasteiger partial charge in [0.15, 0.2) is 0 Å². The lowest BCUT2D eigenvalue weighted by atomic mass is 9.87. The molecule has 2 atom stereocenters. The van der Waals surface area contributed by atoms with Gasteiger partial charge in [-0.05, 0) is 48.4 Å². The van der Waals surface area contributed by atoms with Gasteiger partial charge in [-0.2, -0.15) is 0 Å². The lowest BCUT2D eigenvalue weighted by Gasteiger charge is -2.27. The zero-order valence-electron chi connectivity index (χ0n) is 11.4. The number of aliphatic hydroxyl groups is 1. The summed E-state index contributed by atoms with van der Waals surface area (Å²) >= 11 is 0. The Morgan fingerprint density at radius 1 is 1.25 bits per heavy atom. The van der Waals surface area contributed by atoms with E-state index in [9.17, 15) is 5.11 Å². The van der Waals surface area contributed by atoms with Gasteiger partial charge < -0.3 is 9.84 Å². The Morgan fingerprint density at radius 2 is 2.15 bits per heavy atom. The van der Waals surface area contributed by atoms with Crippen LogP contribution in [0.5, 0.6) is 5.75 Å². The molecule has 0 saturated heterocycles. The first-order valence-electron chi connectivity index (χ1n) is 7.11. The van der Waals surface area contributed by atoms with Crippen molar-refractivity contribution in [2.45, 2.75) is 31.3 Å². The van der Waals surface area contributed by atoms with Crippen LogP contribution >= 0.6 is 0 Å². The fourth-order valence-corrected chi connectivity index (χ4v) is 2.86. The van der Waals surface area contributed by atoms with E-state index in [-0.39, 0.29) is 6.10 Å². The molecule has 3 nitrogen and oxygen atoms in total. The van der Waals surface area contributed by atoms with E-state index in [0.717, 1.165) is 30.8 Å². The average Bonchev–Trinajstić information content (AvgIpc) is 2.48. The largest absolute Gasteiger partial charge is 0.493 e. The summed E-state index contributed by atoms with van der Waals surface area (Å²) in [5.41, 5.74) is 2.31. The molecule has 2 unspecified atom stereocenters. The van der Waals surface area contributed by atoms with Crippen molar-refractivity contribution in [2.24, 2.45) is 0 Å². The minimum Gasteiger partial charge on any atom is -0.493 e. The van der Waals surface area contributed by atoms with Crippen LogP contribution < -0.4 is 4.74 Å². The highest BCUT2D eigenvalue weighted by Gasteiger charge is 2.23. The first kappa shape index (κ1) is 13.1. The van der Waals surface area contributed by atoms with E-state index in [2.05, 4.69) is 11.1 Å². The molecule has 0 saturated carbocycles. The predicted molar refractivity (Wildman–Crippen MR) is 77.9 cm³/mol. The number of fused-ring (bicyclic) bond motifs is 1. The van der Waals surface area contributed by atoms with Crippen LogP contribution in [0.4, 0.5) is 0 Å². The van der Waals surface area contributed by atoms with Crippen molar-refractivity contribution in [2.75, 3.05) is 6.61 Å². The van der Waals surface area contributed by atoms with E-state index in [0.29, 0.717) is 12.3 Å². The topological polar surface area (TPSA) is 42.4 Å². The first-order chi connectivity index (χ1) is 9.83. The Kier molecular flexibility index (Phi) is 3.97. The Labute approximate surface area is 119 Å². The molecule has 0 spiro atoms. The normalized spacial score (nSPS) is 18.9. The molecule has 0 amide bonds. The van der Waals surface area contributed by atoms with E-state index in [1.54, 1.807) is 6.20 Å². The van der Waals surface area contributed by atoms with Gasteiger partial charge in [-0.25, -0.2) is 0 Å². The molecule has 1 aliphatic heterocycles. The first-order valence-corrected chi connectivity index (χ1v) is 7.11. The molecule has 1 aromatic heterocycles. The smallest absolute Gasteiger partial charge is 0.122 e. The standard InChI is InChI=1S/C17H19NO2/c19-15(10-13-4-3-8-18-12-13)11-14-7-9-20-17-6-2-1-5-16(14)17/h1-6,8,12,14-15,19H,7,9-11H2. The van der Waals surface area contributed by atoms with E-state index < -0.39 is 0 Å². The van der Waals surface area contributed by atoms with Crippen LogP contribution in [0, 0.1) is 0 Å². The van der Waals surface area contributed by atoms with Crippen molar-refractivity contribution in [1.29, 1.82) is 0 Å². The Bertz CT molecular complexity index is 556. The summed E-state index contributed by atoms with van der Waals surface area (Å²) in [6, 6.07) is 12.1. The number of benzene rings is 1. The SMILES string of the molecule is OC(Cc1cccnc1)CC1CCOc2ccccc21. The zero-order valence-corrected chi connectivity index (χ0v) is 11.4. The molecule has 3 rings (SSSR count). The van der Waals surface area contributed by atoms with E-state index >= 15 is 0 Å². The molecule has 104 valence electrons. The summed E-state index contributed by atoms with van der Waals surface area (Å²) in [4.78, 5) is 4.09. The maximum Gasteiger partial charge on any atom is 0.122 e. The van der Waals surface area contributed by atoms with Crippen LogP contribution in [-0.4, -0.2) is 22.8 Å². The monoisotopic (exact) mass is 269 g/mol. The maximum absolute atomic E-state index is 10.3. The van der Waals surface area contributed by atoms with Gasteiger partial charge in [0.1, 0.15) is 5.75 Å². The number of rotatable bonds is 4. The zero-order chi connectivity index (χ0) is 13.8. The maximum atomic E-state index is 10.3. The molecule has 0 bridgehead atoms. The molecule has 1 aromatic carbocycles. The van der Waals surface area contributed by atoms with Crippen molar-refractivity contribution in [3.63, 3.8) is 0 Å². The Hall–Kier alpha value is -1.87. The molecule has 2 aromatic rings. The third kappa shape index (κ3) is 2.99. The van der Waals surface area contributed by atoms with Gasteiger partial charge in [-0.1, -0.05) is 24.3 Å². The van der Waals surface area contributed by atoms with Crippen molar-refractivity contribution < 1.29 is 9.84 Å². The fourth-order valence-electron chi connectivity index (χ4n) is 2.86. The molecule has 2 heterocycles. The molecule has 1 aliphatic rings. The van der Waals surface area contributed by atoms with Crippen LogP contribution in [0.2, 0.25) is 0 Å². The molecular weight excluding hydrogens is 250 g/mol. The molecular formula is C17H19NO2. The number of aromatic nitrogens is 1. The Morgan fingerprint density at radius 3 is 3.00 bits per heavy atom. The summed E-state index contributed by atoms with van der Waals surface area (Å²) in [5, 5.41) is 10.3. The van der Waals surface area contributed by atoms with E-state index in [4.69, 9.17) is 4.74 Å². The summed E-state index contributed by atoms with van der Waals surface area (Å²) in [6.45, 7) is 0.737. The predicted octanol–water partition coefficient (Wildman–Crippen LogP) is 2.94. The highest BCUT2D eigenvalue weighted by atomic mass is 16.5. The van der Waals surface area contributed by atoms with Crippen molar-refractivity contribution >= 4 is 0 Å². The lowest BCUT2D eigenvalue weighted by Crippen LogP contribution is -2.20. The number of aliphatic hydroxyl groups excluding tert-OH is 1. The quantitative estimate of drug-likeness (QED) is 0.928. The molecule has 0 aliphatic carbocycles. The number of hydrogen-bond donors (Lipinski definition) is 1. The molecule has 1 N–H and O–H groups in total. The number of para-hydroxylation sites is 1. The summed E-state index contributed by atoms with van der Waals surface area (Å²) in [7, 11) is 0. The summed E-state index contributed by atoms with van der Waals surface area (Å²) in [6.07, 6.45) is 5.64. The third-order valence-electron chi connectivity index (χ3n) is 3.83. The second-order valence-electron chi connectivity index (χ2n) is 5.33. The minimum absolute atomic E-state index is 0.338. The van der Waals surface area contributed by atoms with Gasteiger partial charge >= 0.3 is 0 Å². The van der Waals surface area contributed by atoms with Crippen LogP contribution in [0.15, 0.2) is 48.8 Å². The van der Waals surface area contributed by atoms with Crippen LogP contribution in [0.25, 0.3) is 0 Å². The second-order valence-corrected chi connectivity index (χ2v) is 5.33. The van der Waals surface area contributed by atoms with Crippen LogP contribution in [-0.2, 0) is 6.42 Å². The fraction of sp³-hybridized carbons (Fsp3) is 0.353. The number of pyridine rings is 1. The average molecular weight is 269 g/mol. The molecule has 20 heavy (non-hydrogen) atoms. The molecule has 0 fully saturated rings. The van der Waals surface area contributed by atoms with Gasteiger partial charge in [0.05, 0.1) is 12.7 Å². The van der Waals surface area contributed by atoms with Crippen LogP contribution in [0.1, 0.15) is 29.9 Å². The number of hydrogen-bond acceptors (Lipinski definition) is 3. The summed E-state index contributed by atoms with van der Waals surface area (Å²) in [5.74, 6) is 1.35. The van der Waals surface area contributed by atoms with Gasteiger partial charge in [-0.3, -0.25) is 4.98 Å². The third-order valence-corrected chi connectivity index (χ3v) is 3.83. The van der Waals surface area contributed by atoms with Crippen molar-refractivity contribution in [3.8, 4) is 5.75 Å². The Balaban J connectivity index is 1.66. The van der Waals surface area contributed by atoms with Crippen LogP contribution in [0.3, 0.4) is 0 Å². The van der Waals surface area contributed by atoms with Crippen molar-refractivity contribution in [3.05, 3.63) is 59.9 Å². The van der Waals surface area contributed by atoms with E-state index in [1.807, 2.05) is 36.5 Å². The van der Waals surface area contributed by atoms with E-state index in [1.165, 1.54) is 5.56 Å². The highest BCUT2D eigenvalue weighted by molar-refractivity contribution is 5.37. The minimum atomic E-state index is -0.338. The second kappa shape index (κ2) is 6.06. The van der Waals surface area contributed by atoms with Gasteiger partial charge in [0.2, 0.25) is 0 Å². The molecule has 0 radical (unpaired) electrons. The lowest BCUT2D eigenvalue weighted by molar-refractivity contribution is 0.143. The molecule has 3 heteroatoms. The van der Waals surface area contributed by atoms with Gasteiger partial charge in [0.25, 0.3) is 0 Å². The van der Waals surface area contributed by atoms with Crippen molar-refractivity contribution in [1.82, 2.24) is 4.98 Å². The summed E-state index contributed by atoms with van der Waals surface area (Å²) < 4.78 is 5.66. The number of nitrogens with zero attached hydrogens (tertiary/aromatic N) is 1. The number of ether oxygens (including phenoxy) is 1.